The number of piperidine rings is 1. The molecule has 0 aromatic rings. The Balaban J connectivity index is 2.04. The SMILES string of the molecule is CC1(C)C2C(=O)N(C/C=C/CN)C(=O)C21. The molecule has 0 spiro atoms. The molecule has 4 heteroatoms. The third kappa shape index (κ3) is 1.32. The first-order valence-electron chi connectivity index (χ1n) is 5.22. The molecule has 1 saturated heterocycles. The fraction of sp³-hybridized carbons (Fsp3) is 0.636. The van der Waals surface area contributed by atoms with Crippen LogP contribution in [0.4, 0.5) is 0 Å². The molecular formula is C11H16N2O2. The van der Waals surface area contributed by atoms with Gasteiger partial charge in [-0.25, -0.2) is 0 Å². The van der Waals surface area contributed by atoms with Crippen molar-refractivity contribution in [2.45, 2.75) is 13.8 Å². The van der Waals surface area contributed by atoms with E-state index in [4.69, 9.17) is 5.73 Å². The highest BCUT2D eigenvalue weighted by Crippen LogP contribution is 2.63. The van der Waals surface area contributed by atoms with Gasteiger partial charge in [-0.15, -0.1) is 0 Å². The summed E-state index contributed by atoms with van der Waals surface area (Å²) in [6, 6.07) is 0. The summed E-state index contributed by atoms with van der Waals surface area (Å²) in [4.78, 5) is 25.0. The highest BCUT2D eigenvalue weighted by Gasteiger charge is 2.72. The number of imide groups is 1. The van der Waals surface area contributed by atoms with Crippen molar-refractivity contribution >= 4 is 11.8 Å². The van der Waals surface area contributed by atoms with E-state index in [1.165, 1.54) is 4.90 Å². The van der Waals surface area contributed by atoms with Crippen molar-refractivity contribution in [3.8, 4) is 0 Å². The van der Waals surface area contributed by atoms with Crippen molar-refractivity contribution in [2.24, 2.45) is 23.0 Å². The predicted molar refractivity (Wildman–Crippen MR) is 55.7 cm³/mol. The minimum Gasteiger partial charge on any atom is -0.327 e. The summed E-state index contributed by atoms with van der Waals surface area (Å²) in [6.45, 7) is 4.77. The maximum Gasteiger partial charge on any atom is 0.233 e. The fourth-order valence-electron chi connectivity index (χ4n) is 2.46. The topological polar surface area (TPSA) is 63.4 Å². The lowest BCUT2D eigenvalue weighted by Crippen LogP contribution is -2.36. The van der Waals surface area contributed by atoms with Crippen LogP contribution in [-0.2, 0) is 9.59 Å². The van der Waals surface area contributed by atoms with Crippen molar-refractivity contribution < 1.29 is 9.59 Å². The molecule has 1 saturated carbocycles. The smallest absolute Gasteiger partial charge is 0.233 e. The lowest BCUT2D eigenvalue weighted by molar-refractivity contribution is -0.142. The molecule has 2 atom stereocenters. The zero-order chi connectivity index (χ0) is 11.2. The van der Waals surface area contributed by atoms with Crippen LogP contribution in [0.15, 0.2) is 12.2 Å². The Hall–Kier alpha value is -1.16. The Bertz CT molecular complexity index is 322. The molecule has 82 valence electrons. The Labute approximate surface area is 89.1 Å². The van der Waals surface area contributed by atoms with E-state index >= 15 is 0 Å². The van der Waals surface area contributed by atoms with Crippen LogP contribution in [0.2, 0.25) is 0 Å². The van der Waals surface area contributed by atoms with Crippen molar-refractivity contribution in [1.29, 1.82) is 0 Å². The van der Waals surface area contributed by atoms with E-state index in [2.05, 4.69) is 0 Å². The number of nitrogens with zero attached hydrogens (tertiary/aromatic N) is 1. The third-order valence-electron chi connectivity index (χ3n) is 3.48. The molecule has 2 amide bonds. The van der Waals surface area contributed by atoms with Crippen molar-refractivity contribution in [1.82, 2.24) is 4.90 Å². The summed E-state index contributed by atoms with van der Waals surface area (Å²) in [6.07, 6.45) is 3.53. The summed E-state index contributed by atoms with van der Waals surface area (Å²) in [5.74, 6) is -0.180. The number of rotatable bonds is 3. The van der Waals surface area contributed by atoms with E-state index < -0.39 is 0 Å². The van der Waals surface area contributed by atoms with Crippen LogP contribution in [0, 0.1) is 17.3 Å². The summed E-state index contributed by atoms with van der Waals surface area (Å²) < 4.78 is 0. The van der Waals surface area contributed by atoms with Crippen LogP contribution < -0.4 is 5.73 Å². The molecule has 2 N–H and O–H groups in total. The summed E-state index contributed by atoms with van der Waals surface area (Å²) in [5.41, 5.74) is 5.18. The van der Waals surface area contributed by atoms with Gasteiger partial charge >= 0.3 is 0 Å². The van der Waals surface area contributed by atoms with Crippen molar-refractivity contribution in [2.75, 3.05) is 13.1 Å². The molecule has 15 heavy (non-hydrogen) atoms. The number of carbonyl (C=O) groups excluding carboxylic acids is 2. The van der Waals surface area contributed by atoms with E-state index in [0.29, 0.717) is 13.1 Å². The van der Waals surface area contributed by atoms with Gasteiger partial charge in [0, 0.05) is 13.1 Å². The first kappa shape index (κ1) is 10.4. The van der Waals surface area contributed by atoms with Crippen molar-refractivity contribution in [3.63, 3.8) is 0 Å². The molecule has 0 aromatic heterocycles. The predicted octanol–water partition coefficient (Wildman–Crippen LogP) is 0.142. The molecule has 0 radical (unpaired) electrons. The molecule has 2 rings (SSSR count). The van der Waals surface area contributed by atoms with Crippen LogP contribution in [0.25, 0.3) is 0 Å². The van der Waals surface area contributed by atoms with Crippen LogP contribution in [0.3, 0.4) is 0 Å². The van der Waals surface area contributed by atoms with Crippen LogP contribution in [-0.4, -0.2) is 29.8 Å². The van der Waals surface area contributed by atoms with Gasteiger partial charge in [0.1, 0.15) is 0 Å². The second kappa shape index (κ2) is 3.17. The summed E-state index contributed by atoms with van der Waals surface area (Å²) >= 11 is 0. The number of amides is 2. The summed E-state index contributed by atoms with van der Waals surface area (Å²) in [7, 11) is 0. The molecule has 0 aromatic carbocycles. The molecule has 1 heterocycles. The minimum absolute atomic E-state index is 0.0170. The Morgan fingerprint density at radius 2 is 1.80 bits per heavy atom. The van der Waals surface area contributed by atoms with E-state index in [0.717, 1.165) is 0 Å². The number of carbonyl (C=O) groups is 2. The Morgan fingerprint density at radius 1 is 1.27 bits per heavy atom. The van der Waals surface area contributed by atoms with Crippen LogP contribution >= 0.6 is 0 Å². The van der Waals surface area contributed by atoms with Gasteiger partial charge in [0.15, 0.2) is 0 Å². The van der Waals surface area contributed by atoms with Crippen LogP contribution in [0.1, 0.15) is 13.8 Å². The quantitative estimate of drug-likeness (QED) is 0.530. The average Bonchev–Trinajstić information content (AvgIpc) is 2.63. The molecule has 2 aliphatic rings. The van der Waals surface area contributed by atoms with Crippen LogP contribution in [0.5, 0.6) is 0 Å². The number of fused-ring (bicyclic) bond motifs is 1. The number of likely N-dealkylation sites (tertiary alicyclic amines) is 1. The maximum atomic E-state index is 11.8. The maximum absolute atomic E-state index is 11.8. The van der Waals surface area contributed by atoms with Gasteiger partial charge in [0.25, 0.3) is 0 Å². The molecule has 1 aliphatic carbocycles. The van der Waals surface area contributed by atoms with Gasteiger partial charge in [0.05, 0.1) is 11.8 Å². The first-order chi connectivity index (χ1) is 7.01. The third-order valence-corrected chi connectivity index (χ3v) is 3.48. The second-order valence-corrected chi connectivity index (χ2v) is 4.77. The molecule has 4 nitrogen and oxygen atoms in total. The minimum atomic E-state index is -0.109. The zero-order valence-corrected chi connectivity index (χ0v) is 9.06. The average molecular weight is 208 g/mol. The molecule has 2 fully saturated rings. The van der Waals surface area contributed by atoms with Gasteiger partial charge in [-0.2, -0.15) is 0 Å². The Kier molecular flexibility index (Phi) is 2.19. The van der Waals surface area contributed by atoms with E-state index in [-0.39, 0.29) is 29.1 Å². The zero-order valence-electron chi connectivity index (χ0n) is 9.06. The fourth-order valence-corrected chi connectivity index (χ4v) is 2.46. The molecule has 0 bridgehead atoms. The number of nitrogens with two attached hydrogens (primary N) is 1. The standard InChI is InChI=1S/C11H16N2O2/c1-11(2)7-8(11)10(15)13(9(7)14)6-4-3-5-12/h3-4,7-8H,5-6,12H2,1-2H3/b4-3+. The second-order valence-electron chi connectivity index (χ2n) is 4.77. The monoisotopic (exact) mass is 208 g/mol. The normalized spacial score (nSPS) is 32.6. The van der Waals surface area contributed by atoms with Gasteiger partial charge in [-0.05, 0) is 5.41 Å². The van der Waals surface area contributed by atoms with E-state index in [1.54, 1.807) is 12.2 Å². The van der Waals surface area contributed by atoms with Gasteiger partial charge in [-0.1, -0.05) is 26.0 Å². The highest BCUT2D eigenvalue weighted by atomic mass is 16.2. The number of hydrogen-bond donors (Lipinski definition) is 1. The molecule has 2 unspecified atom stereocenters. The van der Waals surface area contributed by atoms with Gasteiger partial charge in [-0.3, -0.25) is 14.5 Å². The lowest BCUT2D eigenvalue weighted by Gasteiger charge is -2.18. The van der Waals surface area contributed by atoms with E-state index in [1.807, 2.05) is 13.8 Å². The lowest BCUT2D eigenvalue weighted by atomic mass is 10.1. The molecular weight excluding hydrogens is 192 g/mol. The van der Waals surface area contributed by atoms with E-state index in [9.17, 15) is 9.59 Å². The Morgan fingerprint density at radius 3 is 2.27 bits per heavy atom. The summed E-state index contributed by atoms with van der Waals surface area (Å²) in [5, 5.41) is 0. The highest BCUT2D eigenvalue weighted by molar-refractivity contribution is 6.10. The van der Waals surface area contributed by atoms with Gasteiger partial charge < -0.3 is 5.73 Å². The first-order valence-corrected chi connectivity index (χ1v) is 5.22. The number of hydrogen-bond acceptors (Lipinski definition) is 3. The van der Waals surface area contributed by atoms with Gasteiger partial charge in [0.2, 0.25) is 11.8 Å². The largest absolute Gasteiger partial charge is 0.327 e. The molecule has 1 aliphatic heterocycles. The van der Waals surface area contributed by atoms with Crippen molar-refractivity contribution in [3.05, 3.63) is 12.2 Å².